The molecule has 0 radical (unpaired) electrons. The Morgan fingerprint density at radius 1 is 1.12 bits per heavy atom. The topological polar surface area (TPSA) is 49.4 Å². The van der Waals surface area contributed by atoms with Crippen LogP contribution in [0.2, 0.25) is 0 Å². The zero-order valence-electron chi connectivity index (χ0n) is 11.7. The van der Waals surface area contributed by atoms with Crippen LogP contribution in [0.4, 0.5) is 0 Å². The van der Waals surface area contributed by atoms with Gasteiger partial charge in [0.1, 0.15) is 0 Å². The van der Waals surface area contributed by atoms with Crippen LogP contribution in [0.3, 0.4) is 0 Å². The van der Waals surface area contributed by atoms with E-state index in [-0.39, 0.29) is 11.8 Å². The average molecular weight is 264 g/mol. The summed E-state index contributed by atoms with van der Waals surface area (Å²) in [5.74, 6) is 0.269. The van der Waals surface area contributed by atoms with E-state index < -0.39 is 10.0 Å². The highest BCUT2D eigenvalue weighted by Gasteiger charge is 2.23. The Bertz CT molecular complexity index is 274. The first-order chi connectivity index (χ1) is 7.99. The molecule has 0 aliphatic carbocycles. The maximum absolute atomic E-state index is 12.0. The molecule has 0 aromatic rings. The van der Waals surface area contributed by atoms with Crippen molar-refractivity contribution in [1.82, 2.24) is 9.62 Å². The van der Waals surface area contributed by atoms with Gasteiger partial charge in [0.15, 0.2) is 0 Å². The second-order valence-electron chi connectivity index (χ2n) is 4.36. The first kappa shape index (κ1) is 16.9. The van der Waals surface area contributed by atoms with Gasteiger partial charge in [0.2, 0.25) is 10.0 Å². The minimum Gasteiger partial charge on any atom is -0.317 e. The molecule has 17 heavy (non-hydrogen) atoms. The number of unbranched alkanes of at least 4 members (excludes halogenated alkanes) is 1. The lowest BCUT2D eigenvalue weighted by Gasteiger charge is -2.25. The fourth-order valence-corrected chi connectivity index (χ4v) is 3.49. The van der Waals surface area contributed by atoms with Gasteiger partial charge < -0.3 is 5.32 Å². The molecule has 0 heterocycles. The minimum absolute atomic E-state index is 0.147. The van der Waals surface area contributed by atoms with Crippen LogP contribution < -0.4 is 5.32 Å². The van der Waals surface area contributed by atoms with Gasteiger partial charge in [-0.05, 0) is 38.8 Å². The number of nitrogens with zero attached hydrogens (tertiary/aromatic N) is 1. The predicted molar refractivity (Wildman–Crippen MR) is 73.7 cm³/mol. The lowest BCUT2D eigenvalue weighted by Crippen LogP contribution is -2.37. The van der Waals surface area contributed by atoms with E-state index in [4.69, 9.17) is 0 Å². The number of hydrogen-bond acceptors (Lipinski definition) is 3. The monoisotopic (exact) mass is 264 g/mol. The summed E-state index contributed by atoms with van der Waals surface area (Å²) < 4.78 is 25.6. The largest absolute Gasteiger partial charge is 0.317 e. The van der Waals surface area contributed by atoms with Crippen molar-refractivity contribution < 1.29 is 8.42 Å². The molecule has 0 atom stereocenters. The van der Waals surface area contributed by atoms with Gasteiger partial charge in [-0.2, -0.15) is 0 Å². The van der Waals surface area contributed by atoms with Crippen molar-refractivity contribution >= 4 is 10.0 Å². The van der Waals surface area contributed by atoms with E-state index in [1.54, 1.807) is 11.4 Å². The molecule has 0 saturated heterocycles. The molecule has 0 aromatic heterocycles. The summed E-state index contributed by atoms with van der Waals surface area (Å²) in [5.41, 5.74) is 0. The van der Waals surface area contributed by atoms with Crippen molar-refractivity contribution in [2.45, 2.75) is 52.5 Å². The average Bonchev–Trinajstić information content (AvgIpc) is 2.30. The van der Waals surface area contributed by atoms with Gasteiger partial charge in [0, 0.05) is 13.1 Å². The second-order valence-corrected chi connectivity index (χ2v) is 6.51. The summed E-state index contributed by atoms with van der Waals surface area (Å²) in [6, 6.07) is 0.147. The third-order valence-corrected chi connectivity index (χ3v) is 5.13. The summed E-state index contributed by atoms with van der Waals surface area (Å²) in [6.45, 7) is 7.97. The summed E-state index contributed by atoms with van der Waals surface area (Å²) in [7, 11) is -1.36. The van der Waals surface area contributed by atoms with Crippen LogP contribution in [-0.4, -0.2) is 44.7 Å². The molecule has 0 bridgehead atoms. The quantitative estimate of drug-likeness (QED) is 0.612. The standard InChI is InChI=1S/C12H28N2O2S/c1-5-12(6-2)14(4)17(15,16)11-9-8-10-13-7-3/h12-13H,5-11H2,1-4H3. The Kier molecular flexibility index (Phi) is 8.82. The van der Waals surface area contributed by atoms with Gasteiger partial charge in [0.25, 0.3) is 0 Å². The molecule has 104 valence electrons. The molecule has 0 amide bonds. The highest BCUT2D eigenvalue weighted by Crippen LogP contribution is 2.12. The van der Waals surface area contributed by atoms with Gasteiger partial charge in [-0.15, -0.1) is 0 Å². The normalized spacial score (nSPS) is 12.6. The Labute approximate surface area is 107 Å². The molecule has 1 N–H and O–H groups in total. The summed E-state index contributed by atoms with van der Waals surface area (Å²) in [4.78, 5) is 0. The van der Waals surface area contributed by atoms with Gasteiger partial charge in [0.05, 0.1) is 5.75 Å². The SMILES string of the molecule is CCNCCCCS(=O)(=O)N(C)C(CC)CC. The van der Waals surface area contributed by atoms with Crippen LogP contribution >= 0.6 is 0 Å². The maximum atomic E-state index is 12.0. The molecule has 4 nitrogen and oxygen atoms in total. The van der Waals surface area contributed by atoms with E-state index in [0.717, 1.165) is 38.8 Å². The fraction of sp³-hybridized carbons (Fsp3) is 1.00. The molecule has 0 aliphatic heterocycles. The Morgan fingerprint density at radius 2 is 1.71 bits per heavy atom. The summed E-state index contributed by atoms with van der Waals surface area (Å²) in [5, 5.41) is 3.20. The van der Waals surface area contributed by atoms with E-state index in [1.807, 2.05) is 13.8 Å². The van der Waals surface area contributed by atoms with Crippen molar-refractivity contribution in [3.8, 4) is 0 Å². The van der Waals surface area contributed by atoms with Crippen LogP contribution in [0.1, 0.15) is 46.5 Å². The first-order valence-corrected chi connectivity index (χ1v) is 8.26. The predicted octanol–water partition coefficient (Wildman–Crippen LogP) is 1.83. The van der Waals surface area contributed by atoms with Crippen LogP contribution in [0.15, 0.2) is 0 Å². The number of sulfonamides is 1. The van der Waals surface area contributed by atoms with Crippen LogP contribution in [0.5, 0.6) is 0 Å². The van der Waals surface area contributed by atoms with Crippen molar-refractivity contribution in [3.05, 3.63) is 0 Å². The van der Waals surface area contributed by atoms with E-state index in [0.29, 0.717) is 0 Å². The molecule has 0 rings (SSSR count). The maximum Gasteiger partial charge on any atom is 0.214 e. The third kappa shape index (κ3) is 6.38. The zero-order valence-corrected chi connectivity index (χ0v) is 12.5. The Hall–Kier alpha value is -0.130. The highest BCUT2D eigenvalue weighted by molar-refractivity contribution is 7.89. The molecular formula is C12H28N2O2S. The number of nitrogens with one attached hydrogen (secondary N) is 1. The van der Waals surface area contributed by atoms with Crippen LogP contribution in [-0.2, 0) is 10.0 Å². The van der Waals surface area contributed by atoms with Crippen LogP contribution in [0, 0.1) is 0 Å². The van der Waals surface area contributed by atoms with E-state index in [1.165, 1.54) is 0 Å². The molecule has 0 aliphatic rings. The summed E-state index contributed by atoms with van der Waals surface area (Å²) >= 11 is 0. The van der Waals surface area contributed by atoms with E-state index in [2.05, 4.69) is 12.2 Å². The smallest absolute Gasteiger partial charge is 0.214 e. The fourth-order valence-electron chi connectivity index (χ4n) is 1.89. The number of hydrogen-bond donors (Lipinski definition) is 1. The van der Waals surface area contributed by atoms with E-state index in [9.17, 15) is 8.42 Å². The van der Waals surface area contributed by atoms with Crippen molar-refractivity contribution in [2.75, 3.05) is 25.9 Å². The molecule has 0 unspecified atom stereocenters. The Morgan fingerprint density at radius 3 is 2.18 bits per heavy atom. The molecular weight excluding hydrogens is 236 g/mol. The van der Waals surface area contributed by atoms with Gasteiger partial charge in [-0.3, -0.25) is 0 Å². The van der Waals surface area contributed by atoms with Gasteiger partial charge in [-0.25, -0.2) is 12.7 Å². The molecule has 0 saturated carbocycles. The lowest BCUT2D eigenvalue weighted by atomic mass is 10.2. The van der Waals surface area contributed by atoms with Gasteiger partial charge >= 0.3 is 0 Å². The van der Waals surface area contributed by atoms with Crippen molar-refractivity contribution in [1.29, 1.82) is 0 Å². The third-order valence-electron chi connectivity index (χ3n) is 3.15. The summed E-state index contributed by atoms with van der Waals surface area (Å²) in [6.07, 6.45) is 3.41. The second kappa shape index (κ2) is 8.89. The highest BCUT2D eigenvalue weighted by atomic mass is 32.2. The molecule has 0 aromatic carbocycles. The lowest BCUT2D eigenvalue weighted by molar-refractivity contribution is 0.349. The molecule has 0 fully saturated rings. The molecule has 0 spiro atoms. The van der Waals surface area contributed by atoms with Gasteiger partial charge in [-0.1, -0.05) is 20.8 Å². The Balaban J connectivity index is 4.09. The van der Waals surface area contributed by atoms with E-state index >= 15 is 0 Å². The minimum atomic E-state index is -3.07. The number of rotatable bonds is 10. The zero-order chi connectivity index (χ0) is 13.3. The molecule has 5 heteroatoms. The van der Waals surface area contributed by atoms with Crippen LogP contribution in [0.25, 0.3) is 0 Å². The van der Waals surface area contributed by atoms with Crippen molar-refractivity contribution in [2.24, 2.45) is 0 Å². The first-order valence-electron chi connectivity index (χ1n) is 6.65. The van der Waals surface area contributed by atoms with Crippen molar-refractivity contribution in [3.63, 3.8) is 0 Å².